The van der Waals surface area contributed by atoms with Gasteiger partial charge < -0.3 is 9.90 Å². The van der Waals surface area contributed by atoms with E-state index in [4.69, 9.17) is 23.2 Å². The van der Waals surface area contributed by atoms with Gasteiger partial charge in [-0.3, -0.25) is 0 Å². The molecule has 0 fully saturated rings. The van der Waals surface area contributed by atoms with Gasteiger partial charge in [0.1, 0.15) is 0 Å². The summed E-state index contributed by atoms with van der Waals surface area (Å²) in [7, 11) is 0. The maximum Gasteiger partial charge on any atom is 0.0715 e. The van der Waals surface area contributed by atoms with Crippen molar-refractivity contribution < 1.29 is 9.90 Å². The normalized spacial score (nSPS) is 10.4. The fourth-order valence-corrected chi connectivity index (χ4v) is 2.93. The van der Waals surface area contributed by atoms with Gasteiger partial charge in [-0.05, 0) is 29.3 Å². The highest BCUT2D eigenvalue weighted by Gasteiger charge is 2.03. The van der Waals surface area contributed by atoms with Crippen molar-refractivity contribution in [2.24, 2.45) is 0 Å². The van der Waals surface area contributed by atoms with Crippen molar-refractivity contribution in [3.05, 3.63) is 63.6 Å². The molecular weight excluding hydrogens is 303 g/mol. The van der Waals surface area contributed by atoms with Crippen LogP contribution in [0.4, 0.5) is 0 Å². The SMILES string of the molecule is O=C([O-])c1ccc(CSc2cc(Cl)ccc2Cl)cc1. The van der Waals surface area contributed by atoms with Crippen LogP contribution < -0.4 is 5.11 Å². The Bertz CT molecular complexity index is 597. The Balaban J connectivity index is 2.06. The molecule has 19 heavy (non-hydrogen) atoms. The summed E-state index contributed by atoms with van der Waals surface area (Å²) in [5.74, 6) is -0.481. The molecule has 0 radical (unpaired) electrons. The molecular formula is C14H9Cl2O2S-. The summed E-state index contributed by atoms with van der Waals surface area (Å²) in [6.45, 7) is 0. The molecule has 0 aromatic heterocycles. The maximum atomic E-state index is 10.6. The zero-order valence-electron chi connectivity index (χ0n) is 9.73. The second-order valence-corrected chi connectivity index (χ2v) is 5.71. The van der Waals surface area contributed by atoms with Gasteiger partial charge in [-0.2, -0.15) is 0 Å². The molecule has 0 saturated heterocycles. The van der Waals surface area contributed by atoms with Crippen LogP contribution in [0.15, 0.2) is 47.4 Å². The highest BCUT2D eigenvalue weighted by atomic mass is 35.5. The Kier molecular flexibility index (Phi) is 4.75. The lowest BCUT2D eigenvalue weighted by molar-refractivity contribution is -0.255. The van der Waals surface area contributed by atoms with Crippen molar-refractivity contribution in [2.75, 3.05) is 0 Å². The van der Waals surface area contributed by atoms with Gasteiger partial charge in [0.15, 0.2) is 0 Å². The Morgan fingerprint density at radius 1 is 1.11 bits per heavy atom. The van der Waals surface area contributed by atoms with Crippen LogP contribution in [0, 0.1) is 0 Å². The third-order valence-electron chi connectivity index (χ3n) is 2.48. The highest BCUT2D eigenvalue weighted by molar-refractivity contribution is 7.98. The summed E-state index contributed by atoms with van der Waals surface area (Å²) in [4.78, 5) is 11.5. The van der Waals surface area contributed by atoms with Gasteiger partial charge in [0, 0.05) is 15.7 Å². The molecule has 0 aliphatic heterocycles. The molecule has 0 aliphatic carbocycles. The summed E-state index contributed by atoms with van der Waals surface area (Å²) in [6.07, 6.45) is 0. The van der Waals surface area contributed by atoms with E-state index in [1.54, 1.807) is 36.0 Å². The molecule has 2 rings (SSSR count). The predicted molar refractivity (Wildman–Crippen MR) is 76.8 cm³/mol. The van der Waals surface area contributed by atoms with Crippen LogP contribution >= 0.6 is 35.0 Å². The lowest BCUT2D eigenvalue weighted by Crippen LogP contribution is -2.21. The summed E-state index contributed by atoms with van der Waals surface area (Å²) in [5.41, 5.74) is 1.18. The van der Waals surface area contributed by atoms with Gasteiger partial charge in [0.05, 0.1) is 11.0 Å². The van der Waals surface area contributed by atoms with Crippen LogP contribution in [-0.2, 0) is 5.75 Å². The van der Waals surface area contributed by atoms with E-state index in [1.807, 2.05) is 6.07 Å². The molecule has 0 heterocycles. The average Bonchev–Trinajstić information content (AvgIpc) is 2.40. The Morgan fingerprint density at radius 3 is 2.42 bits per heavy atom. The molecule has 2 aromatic rings. The number of benzene rings is 2. The highest BCUT2D eigenvalue weighted by Crippen LogP contribution is 2.31. The molecule has 0 spiro atoms. The molecule has 0 saturated carbocycles. The number of halogens is 2. The van der Waals surface area contributed by atoms with Crippen LogP contribution in [0.3, 0.4) is 0 Å². The van der Waals surface area contributed by atoms with Crippen molar-refractivity contribution in [1.29, 1.82) is 0 Å². The molecule has 5 heteroatoms. The van der Waals surface area contributed by atoms with E-state index in [2.05, 4.69) is 0 Å². The number of aromatic carboxylic acids is 1. The van der Waals surface area contributed by atoms with Gasteiger partial charge in [-0.1, -0.05) is 47.5 Å². The molecule has 0 amide bonds. The number of carboxylic acid groups (broad SMARTS) is 1. The van der Waals surface area contributed by atoms with E-state index in [0.29, 0.717) is 15.8 Å². The van der Waals surface area contributed by atoms with Gasteiger partial charge in [-0.15, -0.1) is 11.8 Å². The van der Waals surface area contributed by atoms with Crippen molar-refractivity contribution in [3.63, 3.8) is 0 Å². The lowest BCUT2D eigenvalue weighted by atomic mass is 10.1. The van der Waals surface area contributed by atoms with Crippen LogP contribution in [0.2, 0.25) is 10.0 Å². The smallest absolute Gasteiger partial charge is 0.0715 e. The number of hydrogen-bond acceptors (Lipinski definition) is 3. The predicted octanol–water partition coefficient (Wildman–Crippen LogP) is 3.65. The van der Waals surface area contributed by atoms with Crippen LogP contribution in [0.5, 0.6) is 0 Å². The number of hydrogen-bond donors (Lipinski definition) is 0. The second kappa shape index (κ2) is 6.33. The molecule has 2 aromatic carbocycles. The van der Waals surface area contributed by atoms with Crippen LogP contribution in [-0.4, -0.2) is 5.97 Å². The minimum absolute atomic E-state index is 0.175. The molecule has 0 N–H and O–H groups in total. The summed E-state index contributed by atoms with van der Waals surface area (Å²) >= 11 is 13.5. The quantitative estimate of drug-likeness (QED) is 0.809. The van der Waals surface area contributed by atoms with Gasteiger partial charge in [0.2, 0.25) is 0 Å². The van der Waals surface area contributed by atoms with E-state index < -0.39 is 5.97 Å². The molecule has 0 atom stereocenters. The number of carbonyl (C=O) groups excluding carboxylic acids is 1. The summed E-state index contributed by atoms with van der Waals surface area (Å²) < 4.78 is 0. The van der Waals surface area contributed by atoms with E-state index in [1.165, 1.54) is 12.1 Å². The van der Waals surface area contributed by atoms with Gasteiger partial charge in [0.25, 0.3) is 0 Å². The Morgan fingerprint density at radius 2 is 1.79 bits per heavy atom. The number of carboxylic acids is 1. The first-order valence-electron chi connectivity index (χ1n) is 5.44. The minimum Gasteiger partial charge on any atom is -0.545 e. The number of rotatable bonds is 4. The van der Waals surface area contributed by atoms with Crippen molar-refractivity contribution in [2.45, 2.75) is 10.6 Å². The molecule has 98 valence electrons. The number of carbonyl (C=O) groups is 1. The van der Waals surface area contributed by atoms with Crippen LogP contribution in [0.1, 0.15) is 15.9 Å². The van der Waals surface area contributed by atoms with Crippen molar-refractivity contribution in [1.82, 2.24) is 0 Å². The maximum absolute atomic E-state index is 10.6. The molecule has 2 nitrogen and oxygen atoms in total. The summed E-state index contributed by atoms with van der Waals surface area (Å²) in [6, 6.07) is 11.9. The van der Waals surface area contributed by atoms with Crippen LogP contribution in [0.25, 0.3) is 0 Å². The molecule has 0 unspecified atom stereocenters. The van der Waals surface area contributed by atoms with Crippen molar-refractivity contribution >= 4 is 40.9 Å². The monoisotopic (exact) mass is 311 g/mol. The zero-order valence-corrected chi connectivity index (χ0v) is 12.1. The standard InChI is InChI=1S/C14H10Cl2O2S/c15-11-5-6-12(16)13(7-11)19-8-9-1-3-10(4-2-9)14(17)18/h1-7H,8H2,(H,17,18)/p-1. The van der Waals surface area contributed by atoms with Gasteiger partial charge in [-0.25, -0.2) is 0 Å². The Hall–Kier alpha value is -1.16. The third-order valence-corrected chi connectivity index (χ3v) is 4.28. The minimum atomic E-state index is -1.17. The number of thioether (sulfide) groups is 1. The van der Waals surface area contributed by atoms with E-state index in [0.717, 1.165) is 10.5 Å². The van der Waals surface area contributed by atoms with E-state index in [-0.39, 0.29) is 5.56 Å². The first-order chi connectivity index (χ1) is 9.06. The molecule has 0 aliphatic rings. The fourth-order valence-electron chi connectivity index (χ4n) is 1.49. The molecule has 0 bridgehead atoms. The van der Waals surface area contributed by atoms with Crippen molar-refractivity contribution in [3.8, 4) is 0 Å². The Labute approximate surface area is 125 Å². The zero-order chi connectivity index (χ0) is 13.8. The van der Waals surface area contributed by atoms with E-state index >= 15 is 0 Å². The fraction of sp³-hybridized carbons (Fsp3) is 0.0714. The van der Waals surface area contributed by atoms with Gasteiger partial charge >= 0.3 is 0 Å². The lowest BCUT2D eigenvalue weighted by Gasteiger charge is -2.06. The summed E-state index contributed by atoms with van der Waals surface area (Å²) in [5, 5.41) is 11.9. The second-order valence-electron chi connectivity index (χ2n) is 3.85. The third kappa shape index (κ3) is 3.90. The first-order valence-corrected chi connectivity index (χ1v) is 7.18. The first kappa shape index (κ1) is 14.3. The average molecular weight is 312 g/mol. The van der Waals surface area contributed by atoms with E-state index in [9.17, 15) is 9.90 Å². The topological polar surface area (TPSA) is 40.1 Å². The largest absolute Gasteiger partial charge is 0.545 e.